The minimum absolute atomic E-state index is 0.0893. The van der Waals surface area contributed by atoms with Gasteiger partial charge >= 0.3 is 12.1 Å². The van der Waals surface area contributed by atoms with Crippen molar-refractivity contribution in [2.75, 3.05) is 6.54 Å². The summed E-state index contributed by atoms with van der Waals surface area (Å²) in [5, 5.41) is 1.90. The van der Waals surface area contributed by atoms with Crippen LogP contribution in [0.15, 0.2) is 28.7 Å². The van der Waals surface area contributed by atoms with Gasteiger partial charge < -0.3 is 5.32 Å². The van der Waals surface area contributed by atoms with Crippen LogP contribution in [0.5, 0.6) is 0 Å². The van der Waals surface area contributed by atoms with Crippen molar-refractivity contribution in [1.29, 1.82) is 0 Å². The summed E-state index contributed by atoms with van der Waals surface area (Å²) in [7, 11) is 0. The number of hydrogen-bond acceptors (Lipinski definition) is 1. The number of alkyl halides is 3. The minimum Gasteiger partial charge on any atom is -0.347 e. The number of halogens is 4. The number of benzene rings is 1. The summed E-state index contributed by atoms with van der Waals surface area (Å²) in [4.78, 5) is 10.8. The van der Waals surface area contributed by atoms with E-state index in [4.69, 9.17) is 0 Å². The van der Waals surface area contributed by atoms with Crippen LogP contribution in [0, 0.1) is 0 Å². The average molecular weight is 324 g/mol. The summed E-state index contributed by atoms with van der Waals surface area (Å²) in [5.41, 5.74) is 0.244. The highest BCUT2D eigenvalue weighted by molar-refractivity contribution is 9.10. The third-order valence-electron chi connectivity index (χ3n) is 2.55. The van der Waals surface area contributed by atoms with Crippen LogP contribution < -0.4 is 5.32 Å². The summed E-state index contributed by atoms with van der Waals surface area (Å²) >= 11 is 3.34. The van der Waals surface area contributed by atoms with Crippen LogP contribution in [-0.4, -0.2) is 18.6 Å². The fourth-order valence-corrected chi connectivity index (χ4v) is 2.33. The van der Waals surface area contributed by atoms with Crippen molar-refractivity contribution in [3.05, 3.63) is 34.3 Å². The molecule has 0 aromatic heterocycles. The molecule has 0 saturated heterocycles. The van der Waals surface area contributed by atoms with E-state index in [0.29, 0.717) is 0 Å². The van der Waals surface area contributed by atoms with Crippen LogP contribution >= 0.6 is 15.9 Å². The standard InChI is InChI=1S/C12H13BrF3NO/c1-11(2,7-17-10(18)12(14,15)16)8-5-3-4-6-9(8)13/h3-6H,7H2,1-2H3,(H,17,18). The number of carbonyl (C=O) groups excluding carboxylic acids is 1. The molecule has 1 aromatic rings. The Morgan fingerprint density at radius 2 is 1.83 bits per heavy atom. The zero-order valence-corrected chi connectivity index (χ0v) is 11.5. The van der Waals surface area contributed by atoms with Crippen LogP contribution in [0.4, 0.5) is 13.2 Å². The molecule has 1 N–H and O–H groups in total. The van der Waals surface area contributed by atoms with Crippen LogP contribution in [0.1, 0.15) is 19.4 Å². The first kappa shape index (κ1) is 15.0. The molecule has 0 spiro atoms. The summed E-state index contributed by atoms with van der Waals surface area (Å²) in [5.74, 6) is -1.91. The predicted molar refractivity (Wildman–Crippen MR) is 66.2 cm³/mol. The molecule has 0 fully saturated rings. The van der Waals surface area contributed by atoms with E-state index in [1.807, 2.05) is 23.5 Å². The lowest BCUT2D eigenvalue weighted by molar-refractivity contribution is -0.173. The predicted octanol–water partition coefficient (Wildman–Crippen LogP) is 3.41. The first-order valence-corrected chi connectivity index (χ1v) is 6.04. The van der Waals surface area contributed by atoms with Gasteiger partial charge in [-0.1, -0.05) is 48.0 Å². The molecule has 6 heteroatoms. The zero-order valence-electron chi connectivity index (χ0n) is 9.94. The Hall–Kier alpha value is -1.04. The van der Waals surface area contributed by atoms with Crippen LogP contribution in [0.25, 0.3) is 0 Å². The molecule has 0 atom stereocenters. The highest BCUT2D eigenvalue weighted by Gasteiger charge is 2.39. The van der Waals surface area contributed by atoms with Gasteiger partial charge in [0, 0.05) is 16.4 Å². The van der Waals surface area contributed by atoms with Crippen LogP contribution in [0.3, 0.4) is 0 Å². The van der Waals surface area contributed by atoms with Gasteiger partial charge in [-0.05, 0) is 11.6 Å². The third-order valence-corrected chi connectivity index (χ3v) is 3.24. The van der Waals surface area contributed by atoms with Crippen LogP contribution in [0.2, 0.25) is 0 Å². The maximum absolute atomic E-state index is 12.1. The number of carbonyl (C=O) groups is 1. The SMILES string of the molecule is CC(C)(CNC(=O)C(F)(F)F)c1ccccc1Br. The van der Waals surface area contributed by atoms with Gasteiger partial charge in [0.25, 0.3) is 0 Å². The first-order valence-electron chi connectivity index (χ1n) is 5.24. The molecule has 0 bridgehead atoms. The molecule has 18 heavy (non-hydrogen) atoms. The average Bonchev–Trinajstić information content (AvgIpc) is 2.25. The van der Waals surface area contributed by atoms with Gasteiger partial charge in [-0.15, -0.1) is 0 Å². The number of nitrogens with one attached hydrogen (secondary N) is 1. The summed E-state index contributed by atoms with van der Waals surface area (Å²) in [6.07, 6.45) is -4.84. The summed E-state index contributed by atoms with van der Waals surface area (Å²) < 4.78 is 37.1. The highest BCUT2D eigenvalue weighted by Crippen LogP contribution is 2.29. The Balaban J connectivity index is 2.78. The maximum Gasteiger partial charge on any atom is 0.471 e. The second kappa shape index (κ2) is 5.30. The van der Waals surface area contributed by atoms with Gasteiger partial charge in [0.1, 0.15) is 0 Å². The first-order chi connectivity index (χ1) is 8.14. The van der Waals surface area contributed by atoms with E-state index in [9.17, 15) is 18.0 Å². The molecule has 0 heterocycles. The van der Waals surface area contributed by atoms with Gasteiger partial charge in [-0.3, -0.25) is 4.79 Å². The molecular formula is C12H13BrF3NO. The lowest BCUT2D eigenvalue weighted by Gasteiger charge is -2.27. The van der Waals surface area contributed by atoms with Crippen molar-refractivity contribution in [3.63, 3.8) is 0 Å². The number of amides is 1. The molecule has 0 unspecified atom stereocenters. The van der Waals surface area contributed by atoms with Gasteiger partial charge in [0.05, 0.1) is 0 Å². The largest absolute Gasteiger partial charge is 0.471 e. The third kappa shape index (κ3) is 3.73. The van der Waals surface area contributed by atoms with E-state index in [2.05, 4.69) is 15.9 Å². The molecule has 2 nitrogen and oxygen atoms in total. The van der Waals surface area contributed by atoms with Gasteiger partial charge in [0.15, 0.2) is 0 Å². The highest BCUT2D eigenvalue weighted by atomic mass is 79.9. The Morgan fingerprint density at radius 3 is 2.33 bits per heavy atom. The van der Waals surface area contributed by atoms with Crippen molar-refractivity contribution < 1.29 is 18.0 Å². The van der Waals surface area contributed by atoms with Gasteiger partial charge in [-0.25, -0.2) is 0 Å². The fourth-order valence-electron chi connectivity index (χ4n) is 1.51. The zero-order chi connectivity index (χ0) is 14.0. The van der Waals surface area contributed by atoms with E-state index in [0.717, 1.165) is 10.0 Å². The summed E-state index contributed by atoms with van der Waals surface area (Å²) in [6.45, 7) is 3.45. The molecule has 0 saturated carbocycles. The second-order valence-corrected chi connectivity index (χ2v) is 5.40. The lowest BCUT2D eigenvalue weighted by atomic mass is 9.84. The van der Waals surface area contributed by atoms with E-state index < -0.39 is 17.5 Å². The van der Waals surface area contributed by atoms with E-state index >= 15 is 0 Å². The molecule has 1 rings (SSSR count). The number of hydrogen-bond donors (Lipinski definition) is 1. The van der Waals surface area contributed by atoms with Crippen molar-refractivity contribution in [2.24, 2.45) is 0 Å². The molecule has 100 valence electrons. The molecule has 0 aliphatic carbocycles. The molecule has 1 aromatic carbocycles. The minimum atomic E-state index is -4.84. The van der Waals surface area contributed by atoms with Crippen molar-refractivity contribution in [1.82, 2.24) is 5.32 Å². The Labute approximate surface area is 112 Å². The quantitative estimate of drug-likeness (QED) is 0.907. The van der Waals surface area contributed by atoms with Crippen LogP contribution in [-0.2, 0) is 10.2 Å². The Bertz CT molecular complexity index is 443. The Morgan fingerprint density at radius 1 is 1.28 bits per heavy atom. The molecule has 0 radical (unpaired) electrons. The monoisotopic (exact) mass is 323 g/mol. The molecule has 1 amide bonds. The summed E-state index contributed by atoms with van der Waals surface area (Å²) in [6, 6.07) is 7.23. The van der Waals surface area contributed by atoms with E-state index in [-0.39, 0.29) is 6.54 Å². The maximum atomic E-state index is 12.1. The second-order valence-electron chi connectivity index (χ2n) is 4.54. The van der Waals surface area contributed by atoms with Gasteiger partial charge in [-0.2, -0.15) is 13.2 Å². The van der Waals surface area contributed by atoms with E-state index in [1.165, 1.54) is 0 Å². The smallest absolute Gasteiger partial charge is 0.347 e. The Kier molecular flexibility index (Phi) is 4.42. The van der Waals surface area contributed by atoms with Crippen molar-refractivity contribution >= 4 is 21.8 Å². The van der Waals surface area contributed by atoms with Crippen molar-refractivity contribution in [2.45, 2.75) is 25.4 Å². The number of rotatable bonds is 3. The normalized spacial score (nSPS) is 12.3. The lowest BCUT2D eigenvalue weighted by Crippen LogP contribution is -2.43. The topological polar surface area (TPSA) is 29.1 Å². The fraction of sp³-hybridized carbons (Fsp3) is 0.417. The molecule has 0 aliphatic heterocycles. The van der Waals surface area contributed by atoms with Crippen molar-refractivity contribution in [3.8, 4) is 0 Å². The molecule has 0 aliphatic rings. The van der Waals surface area contributed by atoms with Gasteiger partial charge in [0.2, 0.25) is 0 Å². The van der Waals surface area contributed by atoms with E-state index in [1.54, 1.807) is 19.9 Å². The molecular weight excluding hydrogens is 311 g/mol.